The molecule has 5 heteroatoms. The average molecular weight is 346 g/mol. The third kappa shape index (κ3) is 4.42. The summed E-state index contributed by atoms with van der Waals surface area (Å²) in [5.74, 6) is 1.70. The maximum atomic E-state index is 13.6. The lowest BCUT2D eigenvalue weighted by Gasteiger charge is -2.36. The molecule has 0 bridgehead atoms. The van der Waals surface area contributed by atoms with Gasteiger partial charge in [0.2, 0.25) is 0 Å². The van der Waals surface area contributed by atoms with E-state index in [0.29, 0.717) is 0 Å². The van der Waals surface area contributed by atoms with Gasteiger partial charge in [-0.1, -0.05) is 18.2 Å². The van der Waals surface area contributed by atoms with Gasteiger partial charge in [0.1, 0.15) is 11.6 Å². The summed E-state index contributed by atoms with van der Waals surface area (Å²) >= 11 is 1.60. The van der Waals surface area contributed by atoms with Crippen molar-refractivity contribution in [2.45, 2.75) is 4.90 Å². The lowest BCUT2D eigenvalue weighted by molar-refractivity contribution is 0.273. The summed E-state index contributed by atoms with van der Waals surface area (Å²) in [6, 6.07) is 15.2. The number of piperazine rings is 1. The number of nitrogens with zero attached hydrogens (tertiary/aromatic N) is 2. The smallest absolute Gasteiger partial charge is 0.136 e. The Morgan fingerprint density at radius 1 is 1.04 bits per heavy atom. The lowest BCUT2D eigenvalue weighted by atomic mass is 10.2. The summed E-state index contributed by atoms with van der Waals surface area (Å²) in [7, 11) is 1.70. The highest BCUT2D eigenvalue weighted by molar-refractivity contribution is 7.99. The maximum Gasteiger partial charge on any atom is 0.136 e. The van der Waals surface area contributed by atoms with Crippen molar-refractivity contribution in [1.29, 1.82) is 0 Å². The van der Waals surface area contributed by atoms with Crippen LogP contribution in [0.5, 0.6) is 5.75 Å². The molecule has 1 aliphatic rings. The second-order valence-corrected chi connectivity index (χ2v) is 6.95. The van der Waals surface area contributed by atoms with Crippen LogP contribution in [0.25, 0.3) is 0 Å². The van der Waals surface area contributed by atoms with Crippen molar-refractivity contribution in [2.75, 3.05) is 50.5 Å². The van der Waals surface area contributed by atoms with Crippen LogP contribution < -0.4 is 9.64 Å². The van der Waals surface area contributed by atoms with E-state index in [-0.39, 0.29) is 5.82 Å². The van der Waals surface area contributed by atoms with E-state index < -0.39 is 0 Å². The molecule has 0 amide bonds. The van der Waals surface area contributed by atoms with Crippen LogP contribution in [-0.2, 0) is 0 Å². The number of hydrogen-bond donors (Lipinski definition) is 0. The molecule has 0 saturated carbocycles. The first-order chi connectivity index (χ1) is 11.8. The summed E-state index contributed by atoms with van der Waals surface area (Å²) in [5.41, 5.74) is 1.22. The van der Waals surface area contributed by atoms with Gasteiger partial charge < -0.3 is 9.64 Å². The van der Waals surface area contributed by atoms with Crippen molar-refractivity contribution in [3.8, 4) is 5.75 Å². The number of anilines is 1. The Morgan fingerprint density at radius 2 is 1.83 bits per heavy atom. The van der Waals surface area contributed by atoms with Crippen LogP contribution in [-0.4, -0.2) is 50.5 Å². The number of halogens is 1. The average Bonchev–Trinajstić information content (AvgIpc) is 2.64. The Bertz CT molecular complexity index is 659. The predicted octanol–water partition coefficient (Wildman–Crippen LogP) is 3.75. The van der Waals surface area contributed by atoms with Gasteiger partial charge >= 0.3 is 0 Å². The van der Waals surface area contributed by atoms with Gasteiger partial charge in [-0.15, -0.1) is 11.8 Å². The summed E-state index contributed by atoms with van der Waals surface area (Å²) in [6.45, 7) is 5.09. The zero-order valence-electron chi connectivity index (χ0n) is 14.0. The fourth-order valence-corrected chi connectivity index (χ4v) is 3.83. The molecule has 0 atom stereocenters. The molecule has 0 unspecified atom stereocenters. The van der Waals surface area contributed by atoms with Crippen LogP contribution in [0.2, 0.25) is 0 Å². The second kappa shape index (κ2) is 8.40. The minimum Gasteiger partial charge on any atom is -0.497 e. The van der Waals surface area contributed by atoms with Crippen LogP contribution in [0, 0.1) is 5.82 Å². The number of hydrogen-bond acceptors (Lipinski definition) is 4. The van der Waals surface area contributed by atoms with Crippen molar-refractivity contribution < 1.29 is 9.13 Å². The van der Waals surface area contributed by atoms with E-state index in [0.717, 1.165) is 49.1 Å². The fourth-order valence-electron chi connectivity index (χ4n) is 2.88. The molecule has 0 aromatic heterocycles. The summed E-state index contributed by atoms with van der Waals surface area (Å²) in [5, 5.41) is 0. The summed E-state index contributed by atoms with van der Waals surface area (Å²) < 4.78 is 18.9. The Hall–Kier alpha value is -1.72. The fraction of sp³-hybridized carbons (Fsp3) is 0.368. The molecule has 0 spiro atoms. The Labute approximate surface area is 147 Å². The van der Waals surface area contributed by atoms with Crippen LogP contribution in [0.1, 0.15) is 0 Å². The zero-order chi connectivity index (χ0) is 16.8. The quantitative estimate of drug-likeness (QED) is 0.740. The van der Waals surface area contributed by atoms with Crippen molar-refractivity contribution in [1.82, 2.24) is 4.90 Å². The first kappa shape index (κ1) is 17.1. The number of rotatable bonds is 6. The third-order valence-electron chi connectivity index (χ3n) is 4.29. The van der Waals surface area contributed by atoms with E-state index in [1.165, 1.54) is 11.8 Å². The van der Waals surface area contributed by atoms with Crippen molar-refractivity contribution >= 4 is 17.4 Å². The molecule has 0 N–H and O–H groups in total. The Balaban J connectivity index is 1.44. The van der Waals surface area contributed by atoms with Crippen LogP contribution in [0.4, 0.5) is 10.1 Å². The molecule has 1 fully saturated rings. The van der Waals surface area contributed by atoms with Gasteiger partial charge in [0.15, 0.2) is 0 Å². The number of benzene rings is 2. The van der Waals surface area contributed by atoms with Gasteiger partial charge in [-0.2, -0.15) is 0 Å². The molecule has 2 aromatic carbocycles. The third-order valence-corrected chi connectivity index (χ3v) is 5.32. The van der Waals surface area contributed by atoms with E-state index >= 15 is 0 Å². The standard InChI is InChI=1S/C19H23FN2OS/c1-23-17-6-4-5-16(15-17)22-11-9-21(10-12-22)13-14-24-19-8-3-2-7-18(19)20/h2-8,15H,9-14H2,1H3. The van der Waals surface area contributed by atoms with Gasteiger partial charge in [-0.25, -0.2) is 4.39 Å². The van der Waals surface area contributed by atoms with E-state index in [9.17, 15) is 4.39 Å². The molecule has 0 radical (unpaired) electrons. The largest absolute Gasteiger partial charge is 0.497 e. The minimum atomic E-state index is -0.120. The molecule has 2 aromatic rings. The first-order valence-corrected chi connectivity index (χ1v) is 9.23. The van der Waals surface area contributed by atoms with Gasteiger partial charge in [-0.05, 0) is 24.3 Å². The second-order valence-electron chi connectivity index (χ2n) is 5.81. The van der Waals surface area contributed by atoms with Gasteiger partial charge in [-0.3, -0.25) is 4.90 Å². The SMILES string of the molecule is COc1cccc(N2CCN(CCSc3ccccc3F)CC2)c1. The molecule has 128 valence electrons. The molecule has 1 heterocycles. The molecular formula is C19H23FN2OS. The van der Waals surface area contributed by atoms with Crippen LogP contribution >= 0.6 is 11.8 Å². The Kier molecular flexibility index (Phi) is 5.99. The van der Waals surface area contributed by atoms with Gasteiger partial charge in [0.05, 0.1) is 7.11 Å². The van der Waals surface area contributed by atoms with Crippen molar-refractivity contribution in [2.24, 2.45) is 0 Å². The zero-order valence-corrected chi connectivity index (χ0v) is 14.8. The molecule has 0 aliphatic carbocycles. The molecular weight excluding hydrogens is 323 g/mol. The first-order valence-electron chi connectivity index (χ1n) is 8.25. The molecule has 24 heavy (non-hydrogen) atoms. The van der Waals surface area contributed by atoms with E-state index in [1.807, 2.05) is 24.3 Å². The molecule has 1 aliphatic heterocycles. The van der Waals surface area contributed by atoms with Crippen molar-refractivity contribution in [3.63, 3.8) is 0 Å². The van der Waals surface area contributed by atoms with Crippen molar-refractivity contribution in [3.05, 3.63) is 54.3 Å². The van der Waals surface area contributed by atoms with Gasteiger partial charge in [0, 0.05) is 55.1 Å². The van der Waals surface area contributed by atoms with E-state index in [1.54, 1.807) is 24.9 Å². The van der Waals surface area contributed by atoms with Crippen LogP contribution in [0.15, 0.2) is 53.4 Å². The van der Waals surface area contributed by atoms with Gasteiger partial charge in [0.25, 0.3) is 0 Å². The van der Waals surface area contributed by atoms with E-state index in [4.69, 9.17) is 4.74 Å². The Morgan fingerprint density at radius 3 is 2.58 bits per heavy atom. The number of ether oxygens (including phenoxy) is 1. The number of thioether (sulfide) groups is 1. The van der Waals surface area contributed by atoms with Crippen LogP contribution in [0.3, 0.4) is 0 Å². The highest BCUT2D eigenvalue weighted by atomic mass is 32.2. The highest BCUT2D eigenvalue weighted by Crippen LogP contribution is 2.23. The topological polar surface area (TPSA) is 15.7 Å². The predicted molar refractivity (Wildman–Crippen MR) is 98.8 cm³/mol. The molecule has 3 rings (SSSR count). The normalized spacial score (nSPS) is 15.5. The lowest BCUT2D eigenvalue weighted by Crippen LogP contribution is -2.47. The monoisotopic (exact) mass is 346 g/mol. The highest BCUT2D eigenvalue weighted by Gasteiger charge is 2.17. The van der Waals surface area contributed by atoms with E-state index in [2.05, 4.69) is 21.9 Å². The molecule has 3 nitrogen and oxygen atoms in total. The summed E-state index contributed by atoms with van der Waals surface area (Å²) in [4.78, 5) is 5.58. The summed E-state index contributed by atoms with van der Waals surface area (Å²) in [6.07, 6.45) is 0. The number of methoxy groups -OCH3 is 1. The molecule has 1 saturated heterocycles. The minimum absolute atomic E-state index is 0.120. The maximum absolute atomic E-state index is 13.6.